The fourth-order valence-electron chi connectivity index (χ4n) is 2.27. The van der Waals surface area contributed by atoms with E-state index in [-0.39, 0.29) is 6.54 Å². The smallest absolute Gasteiger partial charge is 0.118 e. The Balaban J connectivity index is 2.43. The molecule has 0 saturated heterocycles. The van der Waals surface area contributed by atoms with Crippen molar-refractivity contribution in [3.05, 3.63) is 29.8 Å². The van der Waals surface area contributed by atoms with Gasteiger partial charge in [0, 0.05) is 20.7 Å². The second kappa shape index (κ2) is 5.72. The van der Waals surface area contributed by atoms with E-state index < -0.39 is 43.5 Å². The Labute approximate surface area is 117 Å². The van der Waals surface area contributed by atoms with E-state index in [1.807, 2.05) is 0 Å². The number of methoxy groups -OCH3 is 1. The molecule has 100 valence electrons. The van der Waals surface area contributed by atoms with Gasteiger partial charge in [-0.3, -0.25) is 0 Å². The number of nitrogens with two attached hydrogens (primary N) is 1. The van der Waals surface area contributed by atoms with E-state index in [1.54, 1.807) is 24.3 Å². The predicted octanol–water partition coefficient (Wildman–Crippen LogP) is 2.43. The van der Waals surface area contributed by atoms with Crippen molar-refractivity contribution in [2.45, 2.75) is 43.5 Å². The molecule has 3 heteroatoms. The maximum atomic E-state index is 11.1. The number of hydrogen-bond donors (Lipinski definition) is 2. The molecule has 3 nitrogen and oxygen atoms in total. The van der Waals surface area contributed by atoms with Crippen LogP contribution in [0.5, 0.6) is 5.75 Å². The third-order valence-electron chi connectivity index (χ3n) is 3.37. The van der Waals surface area contributed by atoms with E-state index >= 15 is 0 Å². The molecule has 3 N–H and O–H groups in total. The molecule has 0 aliphatic heterocycles. The minimum atomic E-state index is -2.70. The van der Waals surface area contributed by atoms with E-state index in [0.29, 0.717) is 11.3 Å². The highest BCUT2D eigenvalue weighted by Gasteiger charge is 2.37. The molecule has 1 saturated carbocycles. The number of hydrogen-bond acceptors (Lipinski definition) is 3. The Morgan fingerprint density at radius 3 is 2.44 bits per heavy atom. The van der Waals surface area contributed by atoms with E-state index in [2.05, 4.69) is 0 Å². The SMILES string of the molecule is [2H]C1([2H])CC(O)(C(CN)c2ccc(OC)cc2)CC([2H])([2H])C1([2H])[2H]. The van der Waals surface area contributed by atoms with Crippen LogP contribution >= 0.6 is 0 Å². The van der Waals surface area contributed by atoms with Crippen molar-refractivity contribution in [3.8, 4) is 5.75 Å². The average molecular weight is 255 g/mol. The second-order valence-corrected chi connectivity index (χ2v) is 4.50. The quantitative estimate of drug-likeness (QED) is 0.869. The number of ether oxygens (including phenoxy) is 1. The normalized spacial score (nSPS) is 33.7. The molecule has 1 aromatic rings. The van der Waals surface area contributed by atoms with Gasteiger partial charge in [-0.1, -0.05) is 31.3 Å². The van der Waals surface area contributed by atoms with Crippen molar-refractivity contribution in [2.75, 3.05) is 13.7 Å². The second-order valence-electron chi connectivity index (χ2n) is 4.50. The molecule has 0 aromatic heterocycles. The number of rotatable bonds is 4. The van der Waals surface area contributed by atoms with Gasteiger partial charge in [-0.25, -0.2) is 0 Å². The molecule has 0 amide bonds. The van der Waals surface area contributed by atoms with E-state index in [1.165, 1.54) is 7.11 Å². The molecule has 0 radical (unpaired) electrons. The van der Waals surface area contributed by atoms with Gasteiger partial charge in [0.2, 0.25) is 0 Å². The first kappa shape index (κ1) is 7.51. The van der Waals surface area contributed by atoms with Crippen molar-refractivity contribution < 1.29 is 18.1 Å². The van der Waals surface area contributed by atoms with Crippen LogP contribution in [-0.2, 0) is 0 Å². The van der Waals surface area contributed by atoms with E-state index in [0.717, 1.165) is 0 Å². The summed E-state index contributed by atoms with van der Waals surface area (Å²) in [7, 11) is 1.52. The lowest BCUT2D eigenvalue weighted by Gasteiger charge is -2.39. The lowest BCUT2D eigenvalue weighted by atomic mass is 9.73. The van der Waals surface area contributed by atoms with Gasteiger partial charge in [0.05, 0.1) is 12.7 Å². The highest BCUT2D eigenvalue weighted by molar-refractivity contribution is 5.31. The maximum absolute atomic E-state index is 11.1. The molecular weight excluding hydrogens is 226 g/mol. The zero-order valence-electron chi connectivity index (χ0n) is 16.4. The molecule has 18 heavy (non-hydrogen) atoms. The minimum absolute atomic E-state index is 0.0159. The standard InChI is InChI=1S/C15H23NO2/c1-18-13-7-5-12(6-8-13)14(11-16)15(17)9-3-2-4-10-15/h5-8,14,17H,2-4,9-11,16H2,1H3/i2D2,3D2,4D2. The van der Waals surface area contributed by atoms with Crippen molar-refractivity contribution in [1.82, 2.24) is 0 Å². The Kier molecular flexibility index (Phi) is 2.39. The van der Waals surface area contributed by atoms with Crippen molar-refractivity contribution in [3.63, 3.8) is 0 Å². The summed E-state index contributed by atoms with van der Waals surface area (Å²) >= 11 is 0. The Bertz CT molecular complexity index is 570. The monoisotopic (exact) mass is 255 g/mol. The third kappa shape index (κ3) is 2.68. The first-order chi connectivity index (χ1) is 10.9. The van der Waals surface area contributed by atoms with Crippen molar-refractivity contribution >= 4 is 0 Å². The van der Waals surface area contributed by atoms with Crippen LogP contribution in [0.4, 0.5) is 0 Å². The van der Waals surface area contributed by atoms with Gasteiger partial charge in [-0.2, -0.15) is 0 Å². The summed E-state index contributed by atoms with van der Waals surface area (Å²) < 4.78 is 52.6. The lowest BCUT2D eigenvalue weighted by molar-refractivity contribution is -0.0194. The summed E-state index contributed by atoms with van der Waals surface area (Å²) in [4.78, 5) is 0. The molecule has 1 aromatic carbocycles. The van der Waals surface area contributed by atoms with Gasteiger partial charge in [-0.05, 0) is 30.5 Å². The van der Waals surface area contributed by atoms with Gasteiger partial charge >= 0.3 is 0 Å². The van der Waals surface area contributed by atoms with E-state index in [9.17, 15) is 5.11 Å². The van der Waals surface area contributed by atoms with Gasteiger partial charge in [-0.15, -0.1) is 0 Å². The molecule has 1 unspecified atom stereocenters. The maximum Gasteiger partial charge on any atom is 0.118 e. The fourth-order valence-corrected chi connectivity index (χ4v) is 2.27. The molecule has 0 spiro atoms. The van der Waals surface area contributed by atoms with Crippen molar-refractivity contribution in [1.29, 1.82) is 0 Å². The summed E-state index contributed by atoms with van der Waals surface area (Å²) in [6.07, 6.45) is -8.81. The molecule has 1 atom stereocenters. The Morgan fingerprint density at radius 1 is 1.33 bits per heavy atom. The Hall–Kier alpha value is -1.06. The zero-order valence-corrected chi connectivity index (χ0v) is 10.4. The summed E-state index contributed by atoms with van der Waals surface area (Å²) in [5, 5.41) is 11.1. The largest absolute Gasteiger partial charge is 0.497 e. The van der Waals surface area contributed by atoms with Crippen LogP contribution < -0.4 is 10.5 Å². The molecule has 2 rings (SSSR count). The van der Waals surface area contributed by atoms with Gasteiger partial charge < -0.3 is 15.6 Å². The van der Waals surface area contributed by atoms with Gasteiger partial charge in [0.15, 0.2) is 0 Å². The van der Waals surface area contributed by atoms with Gasteiger partial charge in [0.1, 0.15) is 5.75 Å². The summed E-state index contributed by atoms with van der Waals surface area (Å²) in [5.74, 6) is -0.100. The van der Waals surface area contributed by atoms with Gasteiger partial charge in [0.25, 0.3) is 0 Å². The van der Waals surface area contributed by atoms with Crippen LogP contribution in [0.25, 0.3) is 0 Å². The third-order valence-corrected chi connectivity index (χ3v) is 3.37. The lowest BCUT2D eigenvalue weighted by Crippen LogP contribution is -2.41. The van der Waals surface area contributed by atoms with E-state index in [4.69, 9.17) is 18.7 Å². The first-order valence-electron chi connectivity index (χ1n) is 8.97. The molecular formula is C15H23NO2. The topological polar surface area (TPSA) is 55.5 Å². The number of benzene rings is 1. The first-order valence-corrected chi connectivity index (χ1v) is 5.97. The molecule has 1 fully saturated rings. The highest BCUT2D eigenvalue weighted by atomic mass is 16.5. The summed E-state index contributed by atoms with van der Waals surface area (Å²) in [5.41, 5.74) is 4.65. The van der Waals surface area contributed by atoms with Crippen molar-refractivity contribution in [2.24, 2.45) is 5.73 Å². The predicted molar refractivity (Wildman–Crippen MR) is 72.8 cm³/mol. The van der Waals surface area contributed by atoms with Crippen LogP contribution in [0, 0.1) is 0 Å². The van der Waals surface area contributed by atoms with Crippen LogP contribution in [0.2, 0.25) is 0 Å². The molecule has 0 bridgehead atoms. The molecule has 0 heterocycles. The summed E-state index contributed by atoms with van der Waals surface area (Å²) in [6, 6.07) is 6.77. The molecule has 1 aliphatic carbocycles. The molecule has 1 aliphatic rings. The zero-order chi connectivity index (χ0) is 18.4. The Morgan fingerprint density at radius 2 is 1.94 bits per heavy atom. The average Bonchev–Trinajstić information content (AvgIpc) is 2.45. The van der Waals surface area contributed by atoms with Crippen LogP contribution in [0.1, 0.15) is 51.7 Å². The summed E-state index contributed by atoms with van der Waals surface area (Å²) in [6.45, 7) is -0.0159. The number of aliphatic hydroxyl groups is 1. The fraction of sp³-hybridized carbons (Fsp3) is 0.600. The van der Waals surface area contributed by atoms with Crippen LogP contribution in [-0.4, -0.2) is 24.4 Å². The van der Waals surface area contributed by atoms with Crippen LogP contribution in [0.3, 0.4) is 0 Å². The highest BCUT2D eigenvalue weighted by Crippen LogP contribution is 2.39. The van der Waals surface area contributed by atoms with Crippen LogP contribution in [0.15, 0.2) is 24.3 Å². The minimum Gasteiger partial charge on any atom is -0.497 e.